The molecule has 7 nitrogen and oxygen atoms in total. The lowest BCUT2D eigenvalue weighted by Crippen LogP contribution is -2.11. The summed E-state index contributed by atoms with van der Waals surface area (Å²) in [4.78, 5) is 23.3. The number of aromatic hydroxyl groups is 1. The lowest BCUT2D eigenvalue weighted by atomic mass is 10.2. The van der Waals surface area contributed by atoms with Crippen LogP contribution in [-0.2, 0) is 6.61 Å². The highest BCUT2D eigenvalue weighted by molar-refractivity contribution is 6.30. The zero-order valence-corrected chi connectivity index (χ0v) is 14.6. The Morgan fingerprint density at radius 1 is 1.07 bits per heavy atom. The number of nitrogens with one attached hydrogen (secondary N) is 1. The summed E-state index contributed by atoms with van der Waals surface area (Å²) in [5.74, 6) is -1.17. The Balaban J connectivity index is 1.63. The minimum atomic E-state index is -1.30. The van der Waals surface area contributed by atoms with Gasteiger partial charge in [0.1, 0.15) is 29.4 Å². The van der Waals surface area contributed by atoms with Crippen LogP contribution >= 0.6 is 11.6 Å². The molecule has 0 spiro atoms. The normalized spacial score (nSPS) is 10.4. The highest BCUT2D eigenvalue weighted by atomic mass is 35.5. The number of aromatic carboxylic acids is 1. The molecule has 0 saturated heterocycles. The van der Waals surface area contributed by atoms with E-state index >= 15 is 0 Å². The number of carboxylic acid groups (broad SMARTS) is 1. The number of carboxylic acids is 1. The fourth-order valence-electron chi connectivity index (χ4n) is 2.24. The Kier molecular flexibility index (Phi) is 5.33. The van der Waals surface area contributed by atoms with Gasteiger partial charge in [-0.3, -0.25) is 4.79 Å². The summed E-state index contributed by atoms with van der Waals surface area (Å²) in [6.45, 7) is 0.122. The number of phenols is 1. The monoisotopic (exact) mass is 387 g/mol. The summed E-state index contributed by atoms with van der Waals surface area (Å²) in [5, 5.41) is 21.6. The van der Waals surface area contributed by atoms with Gasteiger partial charge in [0.15, 0.2) is 5.76 Å². The smallest absolute Gasteiger partial charge is 0.339 e. The number of hydrogen-bond acceptors (Lipinski definition) is 5. The van der Waals surface area contributed by atoms with Crippen molar-refractivity contribution in [2.45, 2.75) is 6.61 Å². The third-order valence-electron chi connectivity index (χ3n) is 3.57. The molecular weight excluding hydrogens is 374 g/mol. The van der Waals surface area contributed by atoms with Crippen LogP contribution in [0.4, 0.5) is 5.69 Å². The number of halogens is 1. The van der Waals surface area contributed by atoms with Gasteiger partial charge in [0.2, 0.25) is 0 Å². The molecule has 8 heteroatoms. The molecule has 2 aromatic carbocycles. The van der Waals surface area contributed by atoms with Gasteiger partial charge in [-0.1, -0.05) is 11.6 Å². The fourth-order valence-corrected chi connectivity index (χ4v) is 2.37. The molecule has 0 saturated carbocycles. The lowest BCUT2D eigenvalue weighted by Gasteiger charge is -2.06. The molecule has 3 rings (SSSR count). The lowest BCUT2D eigenvalue weighted by molar-refractivity contribution is 0.0693. The van der Waals surface area contributed by atoms with E-state index in [0.29, 0.717) is 16.5 Å². The molecule has 3 aromatic rings. The van der Waals surface area contributed by atoms with Gasteiger partial charge in [0.25, 0.3) is 5.91 Å². The molecule has 0 aliphatic heterocycles. The van der Waals surface area contributed by atoms with E-state index < -0.39 is 11.9 Å². The van der Waals surface area contributed by atoms with Crippen molar-refractivity contribution in [3.8, 4) is 11.5 Å². The van der Waals surface area contributed by atoms with Crippen LogP contribution in [0.5, 0.6) is 11.5 Å². The van der Waals surface area contributed by atoms with Gasteiger partial charge in [0, 0.05) is 10.7 Å². The Hall–Kier alpha value is -3.45. The maximum atomic E-state index is 12.2. The first-order valence-corrected chi connectivity index (χ1v) is 8.15. The van der Waals surface area contributed by atoms with E-state index in [1.54, 1.807) is 30.3 Å². The van der Waals surface area contributed by atoms with Crippen LogP contribution in [0.3, 0.4) is 0 Å². The zero-order chi connectivity index (χ0) is 19.4. The molecule has 0 aliphatic rings. The van der Waals surface area contributed by atoms with Crippen molar-refractivity contribution in [3.05, 3.63) is 76.7 Å². The maximum Gasteiger partial charge on any atom is 0.339 e. The average molecular weight is 388 g/mol. The average Bonchev–Trinajstić information content (AvgIpc) is 3.12. The van der Waals surface area contributed by atoms with Gasteiger partial charge in [0.05, 0.1) is 0 Å². The number of furan rings is 1. The van der Waals surface area contributed by atoms with E-state index in [0.717, 1.165) is 6.07 Å². The SMILES string of the molecule is O=C(Nc1ccc(O)c(C(=O)O)c1)c1ccc(COc2ccc(Cl)cc2)o1. The summed E-state index contributed by atoms with van der Waals surface area (Å²) in [6, 6.07) is 13.6. The van der Waals surface area contributed by atoms with Crippen molar-refractivity contribution in [1.82, 2.24) is 0 Å². The fraction of sp³-hybridized carbons (Fsp3) is 0.0526. The van der Waals surface area contributed by atoms with Crippen molar-refractivity contribution in [3.63, 3.8) is 0 Å². The molecule has 0 bridgehead atoms. The summed E-state index contributed by atoms with van der Waals surface area (Å²) in [5.41, 5.74) is -0.102. The molecule has 3 N–H and O–H groups in total. The van der Waals surface area contributed by atoms with E-state index in [4.69, 9.17) is 25.9 Å². The zero-order valence-electron chi connectivity index (χ0n) is 13.8. The predicted molar refractivity (Wildman–Crippen MR) is 97.5 cm³/mol. The van der Waals surface area contributed by atoms with Crippen molar-refractivity contribution < 1.29 is 29.0 Å². The number of amides is 1. The molecule has 1 aromatic heterocycles. The summed E-state index contributed by atoms with van der Waals surface area (Å²) in [6.07, 6.45) is 0. The van der Waals surface area contributed by atoms with Gasteiger partial charge in [-0.15, -0.1) is 0 Å². The van der Waals surface area contributed by atoms with Gasteiger partial charge < -0.3 is 24.7 Å². The molecule has 0 fully saturated rings. The first-order chi connectivity index (χ1) is 12.9. The van der Waals surface area contributed by atoms with Crippen LogP contribution in [0, 0.1) is 0 Å². The number of anilines is 1. The van der Waals surface area contributed by atoms with Crippen molar-refractivity contribution in [1.29, 1.82) is 0 Å². The highest BCUT2D eigenvalue weighted by Crippen LogP contribution is 2.22. The number of ether oxygens (including phenoxy) is 1. The molecular formula is C19H14ClNO6. The summed E-state index contributed by atoms with van der Waals surface area (Å²) in [7, 11) is 0. The highest BCUT2D eigenvalue weighted by Gasteiger charge is 2.15. The number of hydrogen-bond donors (Lipinski definition) is 3. The van der Waals surface area contributed by atoms with Gasteiger partial charge in [-0.05, 0) is 54.6 Å². The van der Waals surface area contributed by atoms with Gasteiger partial charge in [-0.2, -0.15) is 0 Å². The van der Waals surface area contributed by atoms with E-state index in [1.165, 1.54) is 18.2 Å². The van der Waals surface area contributed by atoms with Crippen LogP contribution in [0.2, 0.25) is 5.02 Å². The largest absolute Gasteiger partial charge is 0.507 e. The number of carbonyl (C=O) groups is 2. The van der Waals surface area contributed by atoms with Crippen LogP contribution in [-0.4, -0.2) is 22.1 Å². The number of carbonyl (C=O) groups excluding carboxylic acids is 1. The maximum absolute atomic E-state index is 12.2. The van der Waals surface area contributed by atoms with Crippen molar-refractivity contribution in [2.75, 3.05) is 5.32 Å². The molecule has 1 amide bonds. The molecule has 27 heavy (non-hydrogen) atoms. The molecule has 1 heterocycles. The number of benzene rings is 2. The Morgan fingerprint density at radius 3 is 2.52 bits per heavy atom. The van der Waals surface area contributed by atoms with Gasteiger partial charge in [-0.25, -0.2) is 4.79 Å². The Labute approximate surface area is 158 Å². The Bertz CT molecular complexity index is 980. The second-order valence-electron chi connectivity index (χ2n) is 5.50. The molecule has 138 valence electrons. The minimum absolute atomic E-state index is 0.0367. The predicted octanol–water partition coefficient (Wildman–Crippen LogP) is 4.17. The van der Waals surface area contributed by atoms with Crippen LogP contribution < -0.4 is 10.1 Å². The molecule has 0 atom stereocenters. The van der Waals surface area contributed by atoms with Crippen molar-refractivity contribution in [2.24, 2.45) is 0 Å². The number of rotatable bonds is 6. The van der Waals surface area contributed by atoms with E-state index in [1.807, 2.05) is 0 Å². The molecule has 0 aliphatic carbocycles. The van der Waals surface area contributed by atoms with Crippen LogP contribution in [0.15, 0.2) is 59.0 Å². The standard InChI is InChI=1S/C19H14ClNO6/c20-11-1-4-13(5-2-11)26-10-14-6-8-17(27-14)18(23)21-12-3-7-16(22)15(9-12)19(24)25/h1-9,22H,10H2,(H,21,23)(H,24,25). The second-order valence-corrected chi connectivity index (χ2v) is 5.94. The van der Waals surface area contributed by atoms with Gasteiger partial charge >= 0.3 is 5.97 Å². The first kappa shape index (κ1) is 18.3. The third-order valence-corrected chi connectivity index (χ3v) is 3.82. The summed E-state index contributed by atoms with van der Waals surface area (Å²) >= 11 is 5.80. The van der Waals surface area contributed by atoms with E-state index in [9.17, 15) is 14.7 Å². The quantitative estimate of drug-likeness (QED) is 0.548. The summed E-state index contributed by atoms with van der Waals surface area (Å²) < 4.78 is 11.0. The van der Waals surface area contributed by atoms with E-state index in [2.05, 4.69) is 5.32 Å². The van der Waals surface area contributed by atoms with E-state index in [-0.39, 0.29) is 29.4 Å². The Morgan fingerprint density at radius 2 is 1.81 bits per heavy atom. The molecule has 0 unspecified atom stereocenters. The van der Waals surface area contributed by atoms with Crippen LogP contribution in [0.25, 0.3) is 0 Å². The first-order valence-electron chi connectivity index (χ1n) is 7.77. The topological polar surface area (TPSA) is 109 Å². The minimum Gasteiger partial charge on any atom is -0.507 e. The van der Waals surface area contributed by atoms with Crippen molar-refractivity contribution >= 4 is 29.2 Å². The molecule has 0 radical (unpaired) electrons. The second kappa shape index (κ2) is 7.84. The third kappa shape index (κ3) is 4.59. The van der Waals surface area contributed by atoms with Crippen LogP contribution in [0.1, 0.15) is 26.7 Å².